The zero-order chi connectivity index (χ0) is 14.3. The molecule has 0 saturated heterocycles. The zero-order valence-corrected chi connectivity index (χ0v) is 13.1. The van der Waals surface area contributed by atoms with Crippen LogP contribution >= 0.6 is 15.9 Å². The molecule has 0 amide bonds. The molecule has 0 N–H and O–H groups in total. The predicted molar refractivity (Wildman–Crippen MR) is 84.6 cm³/mol. The summed E-state index contributed by atoms with van der Waals surface area (Å²) in [6.07, 6.45) is 3.40. The van der Waals surface area contributed by atoms with E-state index in [1.807, 2.05) is 45.9 Å². The Morgan fingerprint density at radius 1 is 1.33 bits per heavy atom. The molecule has 0 bridgehead atoms. The van der Waals surface area contributed by atoms with Gasteiger partial charge in [0.15, 0.2) is 0 Å². The normalized spacial score (nSPS) is 11.9. The molecule has 1 rings (SSSR count). The Morgan fingerprint density at radius 2 is 1.89 bits per heavy atom. The molecule has 0 atom stereocenters. The first-order chi connectivity index (χ1) is 8.41. The van der Waals surface area contributed by atoms with Crippen molar-refractivity contribution in [3.8, 4) is 0 Å². The van der Waals surface area contributed by atoms with Gasteiger partial charge in [0, 0.05) is 0 Å². The van der Waals surface area contributed by atoms with E-state index < -0.39 is 5.83 Å². The van der Waals surface area contributed by atoms with Crippen molar-refractivity contribution in [2.24, 2.45) is 0 Å². The highest BCUT2D eigenvalue weighted by Gasteiger charge is 1.97. The summed E-state index contributed by atoms with van der Waals surface area (Å²) in [5.41, 5.74) is 2.13. The van der Waals surface area contributed by atoms with Crippen molar-refractivity contribution in [2.45, 2.75) is 27.7 Å². The van der Waals surface area contributed by atoms with Gasteiger partial charge in [0.2, 0.25) is 0 Å². The van der Waals surface area contributed by atoms with E-state index >= 15 is 0 Å². The van der Waals surface area contributed by atoms with Gasteiger partial charge in [-0.2, -0.15) is 0 Å². The molecule has 0 unspecified atom stereocenters. The molecular weight excluding hydrogens is 291 g/mol. The highest BCUT2D eigenvalue weighted by molar-refractivity contribution is 9.11. The Hall–Kier alpha value is -1.15. The molecule has 0 spiro atoms. The van der Waals surface area contributed by atoms with Gasteiger partial charge in [0.25, 0.3) is 0 Å². The van der Waals surface area contributed by atoms with E-state index in [1.54, 1.807) is 0 Å². The molecule has 1 aromatic carbocycles. The van der Waals surface area contributed by atoms with Crippen molar-refractivity contribution >= 4 is 34.7 Å². The van der Waals surface area contributed by atoms with Crippen LogP contribution in [0.4, 0.5) is 4.39 Å². The minimum Gasteiger partial charge on any atom is -0.208 e. The van der Waals surface area contributed by atoms with Crippen LogP contribution in [0, 0.1) is 6.92 Å². The maximum Gasteiger partial charge on any atom is 0.116 e. The molecule has 0 fully saturated rings. The van der Waals surface area contributed by atoms with E-state index in [9.17, 15) is 4.39 Å². The second-order valence-corrected chi connectivity index (χ2v) is 4.92. The van der Waals surface area contributed by atoms with Crippen molar-refractivity contribution in [2.75, 3.05) is 0 Å². The Balaban J connectivity index is 0.00000137. The van der Waals surface area contributed by atoms with Crippen molar-refractivity contribution in [3.05, 3.63) is 50.6 Å². The third-order valence-corrected chi connectivity index (χ3v) is 2.57. The minimum absolute atomic E-state index is 0.454. The Bertz CT molecular complexity index is 549. The summed E-state index contributed by atoms with van der Waals surface area (Å²) in [7, 11) is 0. The first kappa shape index (κ1) is 16.9. The minimum atomic E-state index is -0.454. The van der Waals surface area contributed by atoms with Crippen LogP contribution in [0.5, 0.6) is 0 Å². The van der Waals surface area contributed by atoms with E-state index in [-0.39, 0.29) is 0 Å². The number of hydrogen-bond donors (Lipinski definition) is 0. The standard InChI is InChI=1S/C14H14BrF.C2H6/c1-9(15)7-13-5-6-14(8-10(2)16)12(4)11(13)3;1-2/h5-8H,2,4H2,1,3H3;1-2H3/b9-7+,14-8-;. The number of benzene rings is 1. The van der Waals surface area contributed by atoms with Gasteiger partial charge in [-0.25, -0.2) is 4.39 Å². The summed E-state index contributed by atoms with van der Waals surface area (Å²) < 4.78 is 13.8. The summed E-state index contributed by atoms with van der Waals surface area (Å²) in [6.45, 7) is 15.1. The first-order valence-electron chi connectivity index (χ1n) is 5.90. The molecule has 0 aliphatic rings. The molecule has 0 heterocycles. The van der Waals surface area contributed by atoms with Crippen LogP contribution in [-0.2, 0) is 0 Å². The van der Waals surface area contributed by atoms with Gasteiger partial charge < -0.3 is 0 Å². The fraction of sp³-hybridized carbons (Fsp3) is 0.250. The van der Waals surface area contributed by atoms with Crippen LogP contribution in [0.1, 0.15) is 31.9 Å². The lowest BCUT2D eigenvalue weighted by atomic mass is 10.0. The molecule has 0 aliphatic carbocycles. The number of halogens is 2. The van der Waals surface area contributed by atoms with Crippen molar-refractivity contribution in [3.63, 3.8) is 0 Å². The molecule has 98 valence electrons. The smallest absolute Gasteiger partial charge is 0.116 e. The van der Waals surface area contributed by atoms with Gasteiger partial charge in [-0.3, -0.25) is 0 Å². The van der Waals surface area contributed by atoms with Crippen LogP contribution in [-0.4, -0.2) is 0 Å². The second-order valence-electron chi connectivity index (χ2n) is 3.67. The van der Waals surface area contributed by atoms with Gasteiger partial charge in [0.05, 0.1) is 0 Å². The van der Waals surface area contributed by atoms with Crippen molar-refractivity contribution < 1.29 is 4.39 Å². The van der Waals surface area contributed by atoms with Crippen LogP contribution in [0.15, 0.2) is 29.0 Å². The highest BCUT2D eigenvalue weighted by Crippen LogP contribution is 2.11. The lowest BCUT2D eigenvalue weighted by molar-refractivity contribution is 0.684. The van der Waals surface area contributed by atoms with Crippen molar-refractivity contribution in [1.29, 1.82) is 0 Å². The SMILES string of the molecule is C=C(F)/C=c1/ccc(/C=C(\C)Br)c(C)c1=C.CC. The van der Waals surface area contributed by atoms with Crippen LogP contribution in [0.2, 0.25) is 0 Å². The second kappa shape index (κ2) is 8.04. The largest absolute Gasteiger partial charge is 0.208 e. The fourth-order valence-corrected chi connectivity index (χ4v) is 1.72. The van der Waals surface area contributed by atoms with Crippen LogP contribution < -0.4 is 10.4 Å². The Labute approximate surface area is 117 Å². The third-order valence-electron chi connectivity index (χ3n) is 2.34. The van der Waals surface area contributed by atoms with Crippen LogP contribution in [0.25, 0.3) is 18.7 Å². The summed E-state index contributed by atoms with van der Waals surface area (Å²) in [6, 6.07) is 3.80. The molecule has 1 aromatic rings. The Morgan fingerprint density at radius 3 is 2.33 bits per heavy atom. The summed E-state index contributed by atoms with van der Waals surface area (Å²) >= 11 is 3.39. The number of hydrogen-bond acceptors (Lipinski definition) is 0. The fourth-order valence-electron chi connectivity index (χ4n) is 1.47. The van der Waals surface area contributed by atoms with Gasteiger partial charge in [-0.05, 0) is 52.0 Å². The average molecular weight is 311 g/mol. The summed E-state index contributed by atoms with van der Waals surface area (Å²) in [5, 5.41) is 1.61. The third kappa shape index (κ3) is 5.01. The topological polar surface area (TPSA) is 0 Å². The first-order valence-corrected chi connectivity index (χ1v) is 6.69. The molecular formula is C16H20BrF. The van der Waals surface area contributed by atoms with Gasteiger partial charge >= 0.3 is 0 Å². The molecule has 0 radical (unpaired) electrons. The predicted octanol–water partition coefficient (Wildman–Crippen LogP) is 4.45. The zero-order valence-electron chi connectivity index (χ0n) is 11.5. The molecule has 0 aliphatic heterocycles. The average Bonchev–Trinajstić information content (AvgIpc) is 2.30. The molecule has 0 saturated carbocycles. The number of allylic oxidation sites excluding steroid dienone is 2. The lowest BCUT2D eigenvalue weighted by Crippen LogP contribution is -2.26. The monoisotopic (exact) mass is 310 g/mol. The van der Waals surface area contributed by atoms with Gasteiger partial charge in [-0.15, -0.1) is 0 Å². The summed E-state index contributed by atoms with van der Waals surface area (Å²) in [5.74, 6) is -0.454. The van der Waals surface area contributed by atoms with E-state index in [0.29, 0.717) is 0 Å². The van der Waals surface area contributed by atoms with Crippen molar-refractivity contribution in [1.82, 2.24) is 0 Å². The van der Waals surface area contributed by atoms with E-state index in [4.69, 9.17) is 0 Å². The molecule has 0 nitrogen and oxygen atoms in total. The lowest BCUT2D eigenvalue weighted by Gasteiger charge is -2.02. The quantitative estimate of drug-likeness (QED) is 0.757. The molecule has 2 heteroatoms. The highest BCUT2D eigenvalue weighted by atomic mass is 79.9. The van der Waals surface area contributed by atoms with Crippen LogP contribution in [0.3, 0.4) is 0 Å². The van der Waals surface area contributed by atoms with E-state index in [2.05, 4.69) is 29.1 Å². The van der Waals surface area contributed by atoms with Gasteiger partial charge in [-0.1, -0.05) is 55.1 Å². The maximum absolute atomic E-state index is 12.7. The summed E-state index contributed by atoms with van der Waals surface area (Å²) in [4.78, 5) is 0. The van der Waals surface area contributed by atoms with E-state index in [0.717, 1.165) is 26.0 Å². The molecule has 18 heavy (non-hydrogen) atoms. The Kier molecular flexibility index (Phi) is 7.53. The van der Waals surface area contributed by atoms with E-state index in [1.165, 1.54) is 6.08 Å². The van der Waals surface area contributed by atoms with Gasteiger partial charge in [0.1, 0.15) is 5.83 Å². The maximum atomic E-state index is 12.7. The number of rotatable bonds is 2. The molecule has 0 aromatic heterocycles.